The van der Waals surface area contributed by atoms with Crippen molar-refractivity contribution in [3.05, 3.63) is 27.0 Å². The van der Waals surface area contributed by atoms with E-state index in [1.54, 1.807) is 0 Å². The second-order valence-corrected chi connectivity index (χ2v) is 2.06. The van der Waals surface area contributed by atoms with Gasteiger partial charge in [-0.25, -0.2) is 0 Å². The number of carbonyl (C=O) groups is 1. The van der Waals surface area contributed by atoms with E-state index in [9.17, 15) is 14.4 Å². The summed E-state index contributed by atoms with van der Waals surface area (Å²) in [6.45, 7) is 0.270. The van der Waals surface area contributed by atoms with Gasteiger partial charge in [0.1, 0.15) is 6.29 Å². The van der Waals surface area contributed by atoms with Crippen molar-refractivity contribution in [3.63, 3.8) is 0 Å². The van der Waals surface area contributed by atoms with Crippen LogP contribution in [0.4, 0.5) is 0 Å². The Morgan fingerprint density at radius 1 is 1.58 bits per heavy atom. The highest BCUT2D eigenvalue weighted by Crippen LogP contribution is 1.77. The average Bonchev–Trinajstić information content (AvgIpc) is 2.07. The van der Waals surface area contributed by atoms with E-state index in [0.717, 1.165) is 4.68 Å². The molecule has 63 valence electrons. The van der Waals surface area contributed by atoms with Gasteiger partial charge >= 0.3 is 11.1 Å². The van der Waals surface area contributed by atoms with Crippen molar-refractivity contribution in [2.75, 3.05) is 0 Å². The SMILES string of the molecule is O=CCCn1[c]nc(=O)c(=O)[nH]1. The van der Waals surface area contributed by atoms with Gasteiger partial charge in [-0.05, 0) is 0 Å². The van der Waals surface area contributed by atoms with Crippen LogP contribution < -0.4 is 11.1 Å². The second-order valence-electron chi connectivity index (χ2n) is 2.06. The summed E-state index contributed by atoms with van der Waals surface area (Å²) in [4.78, 5) is 34.2. The minimum absolute atomic E-state index is 0.247. The van der Waals surface area contributed by atoms with Crippen LogP contribution in [0.1, 0.15) is 6.42 Å². The molecule has 0 bridgehead atoms. The number of H-pyrrole nitrogens is 1. The molecule has 6 heteroatoms. The van der Waals surface area contributed by atoms with Gasteiger partial charge in [0.15, 0.2) is 6.33 Å². The fraction of sp³-hybridized carbons (Fsp3) is 0.333. The molecule has 6 nitrogen and oxygen atoms in total. The molecule has 0 aliphatic heterocycles. The molecule has 1 N–H and O–H groups in total. The van der Waals surface area contributed by atoms with Crippen molar-refractivity contribution >= 4 is 6.29 Å². The minimum Gasteiger partial charge on any atom is -0.303 e. The predicted octanol–water partition coefficient (Wildman–Crippen LogP) is -1.68. The lowest BCUT2D eigenvalue weighted by atomic mass is 10.5. The van der Waals surface area contributed by atoms with E-state index in [4.69, 9.17) is 0 Å². The highest BCUT2D eigenvalue weighted by Gasteiger charge is 1.95. The average molecular weight is 168 g/mol. The summed E-state index contributed by atoms with van der Waals surface area (Å²) in [5.41, 5.74) is -1.68. The van der Waals surface area contributed by atoms with E-state index in [2.05, 4.69) is 16.4 Å². The minimum atomic E-state index is -0.877. The fourth-order valence-electron chi connectivity index (χ4n) is 0.640. The number of aromatic nitrogens is 3. The molecule has 1 aromatic rings. The summed E-state index contributed by atoms with van der Waals surface area (Å²) in [7, 11) is 0. The third kappa shape index (κ3) is 1.88. The van der Waals surface area contributed by atoms with Gasteiger partial charge in [0.05, 0.1) is 0 Å². The van der Waals surface area contributed by atoms with E-state index in [1.165, 1.54) is 0 Å². The van der Waals surface area contributed by atoms with Gasteiger partial charge in [-0.2, -0.15) is 4.98 Å². The molecule has 1 aromatic heterocycles. The monoisotopic (exact) mass is 168 g/mol. The van der Waals surface area contributed by atoms with Gasteiger partial charge < -0.3 is 4.79 Å². The van der Waals surface area contributed by atoms with Crippen LogP contribution in [0.2, 0.25) is 0 Å². The van der Waals surface area contributed by atoms with Crippen LogP contribution in [-0.2, 0) is 11.3 Å². The summed E-state index contributed by atoms with van der Waals surface area (Å²) in [6, 6.07) is 0. The Hall–Kier alpha value is -1.72. The van der Waals surface area contributed by atoms with Gasteiger partial charge in [0.25, 0.3) is 0 Å². The van der Waals surface area contributed by atoms with Gasteiger partial charge in [-0.3, -0.25) is 19.4 Å². The molecule has 0 aliphatic rings. The quantitative estimate of drug-likeness (QED) is 0.431. The van der Waals surface area contributed by atoms with Crippen molar-refractivity contribution in [1.29, 1.82) is 0 Å². The maximum absolute atomic E-state index is 10.6. The Labute approximate surface area is 66.8 Å². The van der Waals surface area contributed by atoms with Gasteiger partial charge in [-0.1, -0.05) is 0 Å². The summed E-state index contributed by atoms with van der Waals surface area (Å²) in [5, 5.41) is 2.18. The predicted molar refractivity (Wildman–Crippen MR) is 38.6 cm³/mol. The van der Waals surface area contributed by atoms with Gasteiger partial charge in [0.2, 0.25) is 0 Å². The highest BCUT2D eigenvalue weighted by atomic mass is 16.2. The summed E-state index contributed by atoms with van der Waals surface area (Å²) in [6.07, 6.45) is 3.20. The van der Waals surface area contributed by atoms with Crippen molar-refractivity contribution < 1.29 is 4.79 Å². The van der Waals surface area contributed by atoms with Crippen LogP contribution >= 0.6 is 0 Å². The highest BCUT2D eigenvalue weighted by molar-refractivity contribution is 5.48. The summed E-state index contributed by atoms with van der Waals surface area (Å²) in [5.74, 6) is 0. The standard InChI is InChI=1S/C6H6N3O3/c10-3-1-2-9-4-7-5(11)6(12)8-9/h3H,1-2H2,(H,8,12). The number of rotatable bonds is 3. The van der Waals surface area contributed by atoms with Gasteiger partial charge in [-0.15, -0.1) is 0 Å². The zero-order valence-corrected chi connectivity index (χ0v) is 6.11. The summed E-state index contributed by atoms with van der Waals surface area (Å²) >= 11 is 0. The molecule has 0 amide bonds. The van der Waals surface area contributed by atoms with Crippen LogP contribution in [0.5, 0.6) is 0 Å². The molecule has 0 aliphatic carbocycles. The van der Waals surface area contributed by atoms with Crippen LogP contribution in [-0.4, -0.2) is 21.1 Å². The van der Waals surface area contributed by atoms with E-state index >= 15 is 0 Å². The Balaban J connectivity index is 2.90. The van der Waals surface area contributed by atoms with Crippen LogP contribution in [0.15, 0.2) is 9.59 Å². The first-order valence-corrected chi connectivity index (χ1v) is 3.26. The number of hydrogen-bond donors (Lipinski definition) is 1. The normalized spacial score (nSPS) is 9.67. The molecule has 12 heavy (non-hydrogen) atoms. The van der Waals surface area contributed by atoms with E-state index in [-0.39, 0.29) is 13.0 Å². The number of nitrogens with one attached hydrogen (secondary N) is 1. The molecular formula is C6H6N3O3. The topological polar surface area (TPSA) is 84.8 Å². The molecule has 1 radical (unpaired) electrons. The Morgan fingerprint density at radius 2 is 2.33 bits per heavy atom. The first-order chi connectivity index (χ1) is 5.74. The molecule has 0 atom stereocenters. The maximum Gasteiger partial charge on any atom is 0.338 e. The van der Waals surface area contributed by atoms with Crippen molar-refractivity contribution in [2.24, 2.45) is 0 Å². The number of aromatic amines is 1. The Kier molecular flexibility index (Phi) is 2.52. The van der Waals surface area contributed by atoms with E-state index in [0.29, 0.717) is 6.29 Å². The van der Waals surface area contributed by atoms with Crippen LogP contribution in [0.3, 0.4) is 0 Å². The molecule has 0 aromatic carbocycles. The molecule has 0 unspecified atom stereocenters. The lowest BCUT2D eigenvalue weighted by Gasteiger charge is -1.98. The Bertz CT molecular complexity index is 378. The largest absolute Gasteiger partial charge is 0.338 e. The Morgan fingerprint density at radius 3 is 2.92 bits per heavy atom. The molecule has 0 fully saturated rings. The first kappa shape index (κ1) is 8.38. The molecule has 0 spiro atoms. The van der Waals surface area contributed by atoms with Crippen molar-refractivity contribution in [3.8, 4) is 0 Å². The zero-order chi connectivity index (χ0) is 8.97. The third-order valence-corrected chi connectivity index (χ3v) is 1.17. The smallest absolute Gasteiger partial charge is 0.303 e. The second kappa shape index (κ2) is 3.61. The van der Waals surface area contributed by atoms with E-state index < -0.39 is 11.1 Å². The van der Waals surface area contributed by atoms with Crippen molar-refractivity contribution in [2.45, 2.75) is 13.0 Å². The van der Waals surface area contributed by atoms with Crippen LogP contribution in [0.25, 0.3) is 0 Å². The van der Waals surface area contributed by atoms with Gasteiger partial charge in [0, 0.05) is 13.0 Å². The number of aldehydes is 1. The molecule has 1 heterocycles. The first-order valence-electron chi connectivity index (χ1n) is 3.26. The number of aryl methyl sites for hydroxylation is 1. The summed E-state index contributed by atoms with van der Waals surface area (Å²) < 4.78 is 1.16. The molecular weight excluding hydrogens is 162 g/mol. The number of nitrogens with zero attached hydrogens (tertiary/aromatic N) is 2. The zero-order valence-electron chi connectivity index (χ0n) is 6.11. The lowest BCUT2D eigenvalue weighted by Crippen LogP contribution is -2.33. The van der Waals surface area contributed by atoms with E-state index in [1.807, 2.05) is 0 Å². The third-order valence-electron chi connectivity index (χ3n) is 1.17. The molecule has 0 saturated carbocycles. The molecule has 0 saturated heterocycles. The lowest BCUT2D eigenvalue weighted by molar-refractivity contribution is -0.108. The fourth-order valence-corrected chi connectivity index (χ4v) is 0.640. The number of carbonyl (C=O) groups excluding carboxylic acids is 1. The number of hydrogen-bond acceptors (Lipinski definition) is 4. The maximum atomic E-state index is 10.6. The van der Waals surface area contributed by atoms with Crippen LogP contribution in [0, 0.1) is 6.33 Å². The van der Waals surface area contributed by atoms with Crippen molar-refractivity contribution in [1.82, 2.24) is 14.8 Å². The molecule has 1 rings (SSSR count).